The molecule has 0 fully saturated rings. The fourth-order valence-corrected chi connectivity index (χ4v) is 2.71. The van der Waals surface area contributed by atoms with Crippen molar-refractivity contribution >= 4 is 37.4 Å². The van der Waals surface area contributed by atoms with Gasteiger partial charge in [-0.1, -0.05) is 28.1 Å². The number of anilines is 1. The Labute approximate surface area is 132 Å². The maximum Gasteiger partial charge on any atom is 0.276 e. The molecule has 0 saturated heterocycles. The minimum Gasteiger partial charge on any atom is -0.399 e. The molecule has 3 N–H and O–H groups in total. The zero-order valence-electron chi connectivity index (χ0n) is 11.2. The van der Waals surface area contributed by atoms with Gasteiger partial charge in [0.05, 0.1) is 10.6 Å². The number of halogens is 1. The van der Waals surface area contributed by atoms with E-state index in [0.29, 0.717) is 11.4 Å². The fraction of sp³-hybridized carbons (Fsp3) is 0.0714. The third-order valence-electron chi connectivity index (χ3n) is 2.79. The normalized spacial score (nSPS) is 12.2. The van der Waals surface area contributed by atoms with Crippen molar-refractivity contribution in [3.63, 3.8) is 0 Å². The van der Waals surface area contributed by atoms with E-state index >= 15 is 0 Å². The summed E-state index contributed by atoms with van der Waals surface area (Å²) in [5.74, 6) is 0. The molecule has 0 aliphatic heterocycles. The number of rotatable bonds is 4. The van der Waals surface area contributed by atoms with Crippen molar-refractivity contribution in [3.05, 3.63) is 58.6 Å². The van der Waals surface area contributed by atoms with Gasteiger partial charge in [0.1, 0.15) is 0 Å². The molecule has 0 bridgehead atoms. The molecule has 0 atom stereocenters. The lowest BCUT2D eigenvalue weighted by Crippen LogP contribution is -2.19. The van der Waals surface area contributed by atoms with Crippen LogP contribution in [0, 0.1) is 0 Å². The average Bonchev–Trinajstić information content (AvgIpc) is 2.46. The van der Waals surface area contributed by atoms with Crippen molar-refractivity contribution in [1.82, 2.24) is 4.83 Å². The van der Waals surface area contributed by atoms with Gasteiger partial charge in [-0.25, -0.2) is 0 Å². The minimum absolute atomic E-state index is 0.152. The molecule has 0 aliphatic rings. The highest BCUT2D eigenvalue weighted by Crippen LogP contribution is 2.14. The van der Waals surface area contributed by atoms with E-state index in [0.717, 1.165) is 10.0 Å². The molecule has 21 heavy (non-hydrogen) atoms. The second kappa shape index (κ2) is 6.28. The minimum atomic E-state index is -3.67. The molecule has 5 nitrogen and oxygen atoms in total. The molecule has 0 aromatic heterocycles. The van der Waals surface area contributed by atoms with Crippen molar-refractivity contribution in [3.8, 4) is 0 Å². The summed E-state index contributed by atoms with van der Waals surface area (Å²) in [7, 11) is -3.67. The van der Waals surface area contributed by atoms with Crippen LogP contribution in [0.5, 0.6) is 0 Å². The van der Waals surface area contributed by atoms with Gasteiger partial charge in [0, 0.05) is 10.2 Å². The van der Waals surface area contributed by atoms with E-state index in [4.69, 9.17) is 5.73 Å². The number of nitrogens with two attached hydrogens (primary N) is 1. The molecular weight excluding hydrogens is 354 g/mol. The van der Waals surface area contributed by atoms with E-state index in [-0.39, 0.29) is 4.90 Å². The Bertz CT molecular complexity index is 754. The van der Waals surface area contributed by atoms with Crippen LogP contribution in [-0.2, 0) is 10.0 Å². The van der Waals surface area contributed by atoms with Gasteiger partial charge in [0.25, 0.3) is 10.0 Å². The summed E-state index contributed by atoms with van der Waals surface area (Å²) in [5, 5.41) is 3.92. The van der Waals surface area contributed by atoms with Gasteiger partial charge in [-0.3, -0.25) is 0 Å². The van der Waals surface area contributed by atoms with Crippen LogP contribution in [0.3, 0.4) is 0 Å². The number of sulfonamides is 1. The first-order valence-electron chi connectivity index (χ1n) is 6.06. The largest absolute Gasteiger partial charge is 0.399 e. The Morgan fingerprint density at radius 2 is 1.67 bits per heavy atom. The van der Waals surface area contributed by atoms with E-state index in [2.05, 4.69) is 25.9 Å². The number of nitrogens with zero attached hydrogens (tertiary/aromatic N) is 1. The Kier molecular flexibility index (Phi) is 4.64. The summed E-state index contributed by atoms with van der Waals surface area (Å²) in [5.41, 5.74) is 7.59. The van der Waals surface area contributed by atoms with Gasteiger partial charge in [-0.05, 0) is 48.9 Å². The smallest absolute Gasteiger partial charge is 0.276 e. The zero-order chi connectivity index (χ0) is 15.5. The van der Waals surface area contributed by atoms with Gasteiger partial charge in [0.15, 0.2) is 0 Å². The average molecular weight is 368 g/mol. The van der Waals surface area contributed by atoms with Gasteiger partial charge in [-0.15, -0.1) is 0 Å². The molecule has 0 heterocycles. The van der Waals surface area contributed by atoms with Crippen LogP contribution in [0.2, 0.25) is 0 Å². The Morgan fingerprint density at radius 1 is 1.10 bits per heavy atom. The van der Waals surface area contributed by atoms with Crippen LogP contribution < -0.4 is 10.6 Å². The maximum absolute atomic E-state index is 12.1. The number of nitrogen functional groups attached to an aromatic ring is 1. The monoisotopic (exact) mass is 367 g/mol. The molecule has 0 aliphatic carbocycles. The molecule has 7 heteroatoms. The number of hydrazone groups is 1. The van der Waals surface area contributed by atoms with Gasteiger partial charge in [0.2, 0.25) is 0 Å². The van der Waals surface area contributed by atoms with Gasteiger partial charge in [-0.2, -0.15) is 18.4 Å². The molecular formula is C14H14BrN3O2S. The molecule has 0 amide bonds. The predicted octanol–water partition coefficient (Wildman–Crippen LogP) is 2.73. The highest BCUT2D eigenvalue weighted by atomic mass is 79.9. The van der Waals surface area contributed by atoms with Crippen LogP contribution >= 0.6 is 15.9 Å². The van der Waals surface area contributed by atoms with Crippen LogP contribution in [0.15, 0.2) is 63.0 Å². The third kappa shape index (κ3) is 4.05. The molecule has 0 unspecified atom stereocenters. The number of benzene rings is 2. The number of hydrogen-bond acceptors (Lipinski definition) is 4. The molecule has 110 valence electrons. The summed E-state index contributed by atoms with van der Waals surface area (Å²) in [6.07, 6.45) is 0. The van der Waals surface area contributed by atoms with E-state index in [1.165, 1.54) is 12.1 Å². The first-order chi connectivity index (χ1) is 9.88. The Hall–Kier alpha value is -1.86. The summed E-state index contributed by atoms with van der Waals surface area (Å²) in [4.78, 5) is 2.37. The van der Waals surface area contributed by atoms with Crippen molar-refractivity contribution in [1.29, 1.82) is 0 Å². The van der Waals surface area contributed by atoms with E-state index in [9.17, 15) is 8.42 Å². The van der Waals surface area contributed by atoms with Crippen molar-refractivity contribution < 1.29 is 8.42 Å². The maximum atomic E-state index is 12.1. The lowest BCUT2D eigenvalue weighted by Gasteiger charge is -2.06. The SMILES string of the molecule is CC(=NNS(=O)(=O)c1ccc(Br)cc1)c1ccc(N)cc1. The summed E-state index contributed by atoms with van der Waals surface area (Å²) < 4.78 is 25.0. The highest BCUT2D eigenvalue weighted by molar-refractivity contribution is 9.10. The standard InChI is InChI=1S/C14H14BrN3O2S/c1-10(11-2-6-13(16)7-3-11)17-18-21(19,20)14-8-4-12(15)5-9-14/h2-9,18H,16H2,1H3. The highest BCUT2D eigenvalue weighted by Gasteiger charge is 2.12. The van der Waals surface area contributed by atoms with E-state index in [1.807, 2.05) is 0 Å². The van der Waals surface area contributed by atoms with Crippen LogP contribution in [0.4, 0.5) is 5.69 Å². The first kappa shape index (κ1) is 15.5. The van der Waals surface area contributed by atoms with Crippen molar-refractivity contribution in [2.75, 3.05) is 5.73 Å². The third-order valence-corrected chi connectivity index (χ3v) is 4.54. The topological polar surface area (TPSA) is 84.5 Å². The molecule has 2 rings (SSSR count). The fourth-order valence-electron chi connectivity index (χ4n) is 1.58. The lowest BCUT2D eigenvalue weighted by atomic mass is 10.1. The predicted molar refractivity (Wildman–Crippen MR) is 87.5 cm³/mol. The zero-order valence-corrected chi connectivity index (χ0v) is 13.6. The second-order valence-corrected chi connectivity index (χ2v) is 6.94. The van der Waals surface area contributed by atoms with E-state index < -0.39 is 10.0 Å². The first-order valence-corrected chi connectivity index (χ1v) is 8.34. The van der Waals surface area contributed by atoms with Crippen molar-refractivity contribution in [2.45, 2.75) is 11.8 Å². The number of hydrogen-bond donors (Lipinski definition) is 2. The van der Waals surface area contributed by atoms with Crippen LogP contribution in [0.25, 0.3) is 0 Å². The molecule has 0 spiro atoms. The molecule has 0 radical (unpaired) electrons. The summed E-state index contributed by atoms with van der Waals surface area (Å²) >= 11 is 3.26. The molecule has 0 saturated carbocycles. The van der Waals surface area contributed by atoms with E-state index in [1.54, 1.807) is 43.3 Å². The van der Waals surface area contributed by atoms with Crippen molar-refractivity contribution in [2.24, 2.45) is 5.10 Å². The van der Waals surface area contributed by atoms with Crippen LogP contribution in [0.1, 0.15) is 12.5 Å². The summed E-state index contributed by atoms with van der Waals surface area (Å²) in [6.45, 7) is 1.72. The van der Waals surface area contributed by atoms with Gasteiger partial charge >= 0.3 is 0 Å². The Balaban J connectivity index is 2.18. The van der Waals surface area contributed by atoms with Gasteiger partial charge < -0.3 is 5.73 Å². The second-order valence-electron chi connectivity index (χ2n) is 4.37. The lowest BCUT2D eigenvalue weighted by molar-refractivity contribution is 0.584. The number of nitrogens with one attached hydrogen (secondary N) is 1. The molecule has 2 aromatic rings. The quantitative estimate of drug-likeness (QED) is 0.494. The van der Waals surface area contributed by atoms with Crippen LogP contribution in [-0.4, -0.2) is 14.1 Å². The Morgan fingerprint density at radius 3 is 2.24 bits per heavy atom. The molecule has 2 aromatic carbocycles. The summed E-state index contributed by atoms with van der Waals surface area (Å²) in [6, 6.07) is 13.3.